The molecule has 0 aliphatic carbocycles. The van der Waals surface area contributed by atoms with Gasteiger partial charge in [-0.05, 0) is 26.2 Å². The molecular weight excluding hydrogens is 316 g/mol. The van der Waals surface area contributed by atoms with E-state index in [1.54, 1.807) is 7.11 Å². The average Bonchev–Trinajstić information content (AvgIpc) is 3.06. The molecule has 0 saturated carbocycles. The summed E-state index contributed by atoms with van der Waals surface area (Å²) in [5, 5.41) is 7.06. The smallest absolute Gasteiger partial charge is 0.185 e. The number of hydrazone groups is 1. The van der Waals surface area contributed by atoms with Crippen LogP contribution in [0.3, 0.4) is 0 Å². The summed E-state index contributed by atoms with van der Waals surface area (Å²) < 4.78 is 17.7. The minimum Gasteiger partial charge on any atom is -0.382 e. The van der Waals surface area contributed by atoms with Crippen molar-refractivity contribution in [3.63, 3.8) is 0 Å². The Bertz CT molecular complexity index is 590. The Morgan fingerprint density at radius 1 is 1.32 bits per heavy atom. The summed E-state index contributed by atoms with van der Waals surface area (Å²) in [5.74, 6) is 0. The predicted molar refractivity (Wildman–Crippen MR) is 98.5 cm³/mol. The number of rotatable bonds is 6. The fourth-order valence-electron chi connectivity index (χ4n) is 3.47. The molecule has 0 amide bonds. The number of hydrogen-bond acceptors (Lipinski definition) is 5. The summed E-state index contributed by atoms with van der Waals surface area (Å²) in [6, 6.07) is 10.4. The highest BCUT2D eigenvalue weighted by atomic mass is 16.7. The van der Waals surface area contributed by atoms with E-state index in [0.717, 1.165) is 37.1 Å². The second-order valence-electron chi connectivity index (χ2n) is 6.61. The third kappa shape index (κ3) is 4.29. The first kappa shape index (κ1) is 18.1. The normalized spacial score (nSPS) is 31.4. The highest BCUT2D eigenvalue weighted by Crippen LogP contribution is 2.31. The Morgan fingerprint density at radius 2 is 2.12 bits per heavy atom. The van der Waals surface area contributed by atoms with E-state index < -0.39 is 0 Å². The molecule has 2 fully saturated rings. The topological polar surface area (TPSA) is 43.3 Å². The molecule has 0 bridgehead atoms. The van der Waals surface area contributed by atoms with Crippen molar-refractivity contribution in [3.05, 3.63) is 48.6 Å². The first-order valence-corrected chi connectivity index (χ1v) is 9.03. The van der Waals surface area contributed by atoms with Crippen LogP contribution in [0.5, 0.6) is 0 Å². The van der Waals surface area contributed by atoms with Gasteiger partial charge in [-0.25, -0.2) is 0 Å². The lowest BCUT2D eigenvalue weighted by molar-refractivity contribution is -0.193. The van der Waals surface area contributed by atoms with Gasteiger partial charge in [0.1, 0.15) is 12.2 Å². The van der Waals surface area contributed by atoms with E-state index >= 15 is 0 Å². The summed E-state index contributed by atoms with van der Waals surface area (Å²) in [4.78, 5) is 0. The molecule has 4 atom stereocenters. The van der Waals surface area contributed by atoms with Gasteiger partial charge < -0.3 is 14.2 Å². The molecule has 0 spiro atoms. The zero-order valence-electron chi connectivity index (χ0n) is 15.1. The molecule has 2 aliphatic heterocycles. The van der Waals surface area contributed by atoms with Gasteiger partial charge in [0.25, 0.3) is 0 Å². The van der Waals surface area contributed by atoms with Gasteiger partial charge in [-0.2, -0.15) is 5.10 Å². The number of hydrogen-bond donors (Lipinski definition) is 0. The molecule has 0 N–H and O–H groups in total. The van der Waals surface area contributed by atoms with Gasteiger partial charge in [0.05, 0.1) is 18.4 Å². The van der Waals surface area contributed by atoms with Crippen molar-refractivity contribution in [2.75, 3.05) is 20.3 Å². The van der Waals surface area contributed by atoms with E-state index in [2.05, 4.69) is 18.5 Å². The molecule has 0 radical (unpaired) electrons. The Hall–Kier alpha value is -1.69. The van der Waals surface area contributed by atoms with Gasteiger partial charge in [-0.15, -0.1) is 6.58 Å². The maximum Gasteiger partial charge on any atom is 0.185 e. The van der Waals surface area contributed by atoms with E-state index in [0.29, 0.717) is 12.6 Å². The van der Waals surface area contributed by atoms with Crippen LogP contribution >= 0.6 is 0 Å². The Labute approximate surface area is 150 Å². The van der Waals surface area contributed by atoms with E-state index in [1.165, 1.54) is 0 Å². The molecule has 1 aromatic carbocycles. The molecule has 25 heavy (non-hydrogen) atoms. The lowest BCUT2D eigenvalue weighted by atomic mass is 10.0. The van der Waals surface area contributed by atoms with E-state index in [4.69, 9.17) is 19.3 Å². The van der Waals surface area contributed by atoms with Gasteiger partial charge in [-0.3, -0.25) is 5.01 Å². The molecule has 0 aromatic heterocycles. The second kappa shape index (κ2) is 8.61. The van der Waals surface area contributed by atoms with Crippen LogP contribution in [0, 0.1) is 0 Å². The monoisotopic (exact) mass is 344 g/mol. The van der Waals surface area contributed by atoms with Crippen molar-refractivity contribution < 1.29 is 14.2 Å². The number of methoxy groups -OCH3 is 1. The summed E-state index contributed by atoms with van der Waals surface area (Å²) >= 11 is 0. The SMILES string of the molecule is C=CC[C@H]1O[C@H](c2ccccc2)O[C@H](C)/C1=N\N1CCC[C@@H]1COC. The first-order chi connectivity index (χ1) is 12.2. The van der Waals surface area contributed by atoms with Crippen LogP contribution in [0.25, 0.3) is 0 Å². The van der Waals surface area contributed by atoms with Crippen LogP contribution in [0.4, 0.5) is 0 Å². The van der Waals surface area contributed by atoms with Gasteiger partial charge in [0.15, 0.2) is 6.29 Å². The fourth-order valence-corrected chi connectivity index (χ4v) is 3.47. The summed E-state index contributed by atoms with van der Waals surface area (Å²) in [6.07, 6.45) is 4.27. The second-order valence-corrected chi connectivity index (χ2v) is 6.61. The van der Waals surface area contributed by atoms with E-state index in [9.17, 15) is 0 Å². The molecule has 2 heterocycles. The number of ether oxygens (including phenoxy) is 3. The van der Waals surface area contributed by atoms with Crippen molar-refractivity contribution in [1.29, 1.82) is 0 Å². The molecule has 1 aromatic rings. The molecule has 0 unspecified atom stereocenters. The van der Waals surface area contributed by atoms with Crippen LogP contribution in [-0.4, -0.2) is 49.2 Å². The molecule has 3 rings (SSSR count). The highest BCUT2D eigenvalue weighted by molar-refractivity contribution is 5.93. The average molecular weight is 344 g/mol. The van der Waals surface area contributed by atoms with Crippen molar-refractivity contribution in [3.8, 4) is 0 Å². The zero-order chi connectivity index (χ0) is 17.6. The van der Waals surface area contributed by atoms with Gasteiger partial charge in [0.2, 0.25) is 0 Å². The van der Waals surface area contributed by atoms with E-state index in [1.807, 2.05) is 36.4 Å². The maximum atomic E-state index is 6.22. The van der Waals surface area contributed by atoms with Gasteiger partial charge in [-0.1, -0.05) is 36.4 Å². The summed E-state index contributed by atoms with van der Waals surface area (Å²) in [5.41, 5.74) is 1.97. The standard InChI is InChI=1S/C20H28N2O3/c1-4-9-18-19(21-22-13-8-12-17(22)14-23-3)15(2)24-20(25-18)16-10-6-5-7-11-16/h4-7,10-11,15,17-18,20H,1,8-9,12-14H2,2-3H3/b21-19+/t15-,17-,18-,20-/m1/s1. The molecule has 2 saturated heterocycles. The maximum absolute atomic E-state index is 6.22. The summed E-state index contributed by atoms with van der Waals surface area (Å²) in [6.45, 7) is 7.58. The van der Waals surface area contributed by atoms with Crippen molar-refractivity contribution in [1.82, 2.24) is 5.01 Å². The Balaban J connectivity index is 1.79. The van der Waals surface area contributed by atoms with Crippen molar-refractivity contribution in [2.45, 2.75) is 50.7 Å². The predicted octanol–water partition coefficient (Wildman–Crippen LogP) is 3.53. The first-order valence-electron chi connectivity index (χ1n) is 9.03. The van der Waals surface area contributed by atoms with Crippen LogP contribution in [0.1, 0.15) is 38.0 Å². The quantitative estimate of drug-likeness (QED) is 0.741. The molecule has 5 heteroatoms. The van der Waals surface area contributed by atoms with Crippen LogP contribution < -0.4 is 0 Å². The largest absolute Gasteiger partial charge is 0.382 e. The van der Waals surface area contributed by atoms with Crippen molar-refractivity contribution in [2.24, 2.45) is 5.10 Å². The van der Waals surface area contributed by atoms with Crippen molar-refractivity contribution >= 4 is 5.71 Å². The minimum atomic E-state index is -0.367. The summed E-state index contributed by atoms with van der Waals surface area (Å²) in [7, 11) is 1.74. The zero-order valence-corrected chi connectivity index (χ0v) is 15.1. The lowest BCUT2D eigenvalue weighted by Gasteiger charge is -2.36. The number of benzene rings is 1. The number of nitrogens with zero attached hydrogens (tertiary/aromatic N) is 2. The lowest BCUT2D eigenvalue weighted by Crippen LogP contribution is -2.44. The third-order valence-electron chi connectivity index (χ3n) is 4.76. The van der Waals surface area contributed by atoms with Crippen LogP contribution in [-0.2, 0) is 14.2 Å². The minimum absolute atomic E-state index is 0.104. The fraction of sp³-hybridized carbons (Fsp3) is 0.550. The Morgan fingerprint density at radius 3 is 2.84 bits per heavy atom. The molecule has 5 nitrogen and oxygen atoms in total. The van der Waals surface area contributed by atoms with E-state index in [-0.39, 0.29) is 18.5 Å². The van der Waals surface area contributed by atoms with Crippen LogP contribution in [0.2, 0.25) is 0 Å². The molecule has 2 aliphatic rings. The molecular formula is C20H28N2O3. The van der Waals surface area contributed by atoms with Crippen LogP contribution in [0.15, 0.2) is 48.1 Å². The highest BCUT2D eigenvalue weighted by Gasteiger charge is 2.35. The van der Waals surface area contributed by atoms with Gasteiger partial charge in [0, 0.05) is 19.2 Å². The van der Waals surface area contributed by atoms with Gasteiger partial charge >= 0.3 is 0 Å². The third-order valence-corrected chi connectivity index (χ3v) is 4.76. The Kier molecular flexibility index (Phi) is 6.24. The molecule has 136 valence electrons.